The van der Waals surface area contributed by atoms with Gasteiger partial charge in [-0.1, -0.05) is 35.4 Å². The zero-order valence-corrected chi connectivity index (χ0v) is 13.2. The molecule has 0 aromatic heterocycles. The van der Waals surface area contributed by atoms with Crippen molar-refractivity contribution in [1.29, 1.82) is 0 Å². The number of azide groups is 1. The molecule has 4 aliphatic carbocycles. The predicted octanol–water partition coefficient (Wildman–Crippen LogP) is 4.59. The normalized spacial score (nSPS) is 43.6. The van der Waals surface area contributed by atoms with E-state index in [1.165, 1.54) is 0 Å². The molecule has 1 unspecified atom stereocenters. The third-order valence-corrected chi connectivity index (χ3v) is 6.41. The maximum absolute atomic E-state index is 11.3. The summed E-state index contributed by atoms with van der Waals surface area (Å²) < 4.78 is 0. The molecule has 116 valence electrons. The topological polar surface area (TPSA) is 69.0 Å². The quantitative estimate of drug-likeness (QED) is 0.377. The van der Waals surface area contributed by atoms with Crippen molar-refractivity contribution in [2.45, 2.75) is 48.6 Å². The molecule has 6 atom stereocenters. The molecule has 1 N–H and O–H groups in total. The zero-order valence-electron chi connectivity index (χ0n) is 12.4. The Balaban J connectivity index is 1.76. The summed E-state index contributed by atoms with van der Waals surface area (Å²) in [5.74, 6) is 0.849. The number of hydrogen-bond acceptors (Lipinski definition) is 2. The van der Waals surface area contributed by atoms with Gasteiger partial charge < -0.3 is 5.11 Å². The molecule has 5 rings (SSSR count). The summed E-state index contributed by atoms with van der Waals surface area (Å²) in [5.41, 5.74) is 9.24. The molecule has 0 radical (unpaired) electrons. The van der Waals surface area contributed by atoms with Crippen LogP contribution in [0.2, 0.25) is 0 Å². The van der Waals surface area contributed by atoms with Crippen LogP contribution in [-0.4, -0.2) is 15.6 Å². The maximum atomic E-state index is 11.3. The molecular weight excluding hydrogens is 298 g/mol. The minimum Gasteiger partial charge on any atom is -0.389 e. The second-order valence-corrected chi connectivity index (χ2v) is 8.29. The molecular formula is C17H20ClN3O. The van der Waals surface area contributed by atoms with E-state index in [0.29, 0.717) is 18.3 Å². The Labute approximate surface area is 135 Å². The molecule has 4 fully saturated rings. The van der Waals surface area contributed by atoms with Crippen LogP contribution in [0.25, 0.3) is 10.4 Å². The highest BCUT2D eigenvalue weighted by molar-refractivity contribution is 6.24. The minimum atomic E-state index is -0.791. The van der Waals surface area contributed by atoms with E-state index in [4.69, 9.17) is 17.1 Å². The predicted molar refractivity (Wildman–Crippen MR) is 85.4 cm³/mol. The van der Waals surface area contributed by atoms with Crippen LogP contribution < -0.4 is 0 Å². The number of hydrogen-bond donors (Lipinski definition) is 1. The van der Waals surface area contributed by atoms with Gasteiger partial charge in [0.1, 0.15) is 0 Å². The first kappa shape index (κ1) is 14.4. The van der Waals surface area contributed by atoms with Crippen LogP contribution >= 0.6 is 11.6 Å². The van der Waals surface area contributed by atoms with Gasteiger partial charge in [-0.2, -0.15) is 0 Å². The minimum absolute atomic E-state index is 0.0192. The maximum Gasteiger partial charge on any atom is 0.0705 e. The SMILES string of the molecule is [N-]=[N+]=N[C@H](c1ccccc1)[C@@H]1C2C[C@@H]3C[C@@](Cl)(C2)C[C@]1(O)C3. The van der Waals surface area contributed by atoms with E-state index < -0.39 is 5.60 Å². The molecule has 0 saturated heterocycles. The number of nitrogens with zero attached hydrogens (tertiary/aromatic N) is 3. The fourth-order valence-electron chi connectivity index (χ4n) is 5.66. The third-order valence-electron chi connectivity index (χ3n) is 5.97. The summed E-state index contributed by atoms with van der Waals surface area (Å²) in [7, 11) is 0. The van der Waals surface area contributed by atoms with E-state index in [2.05, 4.69) is 10.0 Å². The summed E-state index contributed by atoms with van der Waals surface area (Å²) in [6, 6.07) is 9.54. The van der Waals surface area contributed by atoms with Gasteiger partial charge in [-0.25, -0.2) is 0 Å². The molecule has 4 aliphatic rings. The lowest BCUT2D eigenvalue weighted by Crippen LogP contribution is -2.63. The van der Waals surface area contributed by atoms with Gasteiger partial charge in [-0.05, 0) is 55.0 Å². The summed E-state index contributed by atoms with van der Waals surface area (Å²) in [6.45, 7) is 0. The lowest BCUT2D eigenvalue weighted by Gasteiger charge is -2.63. The molecule has 22 heavy (non-hydrogen) atoms. The number of aliphatic hydroxyl groups is 1. The zero-order chi connectivity index (χ0) is 15.4. The van der Waals surface area contributed by atoms with Gasteiger partial charge in [0.2, 0.25) is 0 Å². The van der Waals surface area contributed by atoms with Crippen molar-refractivity contribution in [2.75, 3.05) is 0 Å². The highest BCUT2D eigenvalue weighted by atomic mass is 35.5. The van der Waals surface area contributed by atoms with Gasteiger partial charge in [0.05, 0.1) is 11.6 Å². The monoisotopic (exact) mass is 317 g/mol. The highest BCUT2D eigenvalue weighted by Gasteiger charge is 2.63. The fraction of sp³-hybridized carbons (Fsp3) is 0.647. The van der Waals surface area contributed by atoms with Crippen LogP contribution in [0, 0.1) is 17.8 Å². The average molecular weight is 318 g/mol. The highest BCUT2D eigenvalue weighted by Crippen LogP contribution is 2.65. The molecule has 4 nitrogen and oxygen atoms in total. The van der Waals surface area contributed by atoms with E-state index in [0.717, 1.165) is 31.2 Å². The van der Waals surface area contributed by atoms with Crippen LogP contribution in [0.5, 0.6) is 0 Å². The van der Waals surface area contributed by atoms with Crippen molar-refractivity contribution >= 4 is 11.6 Å². The Morgan fingerprint density at radius 3 is 2.68 bits per heavy atom. The molecule has 4 saturated carbocycles. The molecule has 0 heterocycles. The van der Waals surface area contributed by atoms with Crippen LogP contribution in [-0.2, 0) is 0 Å². The Kier molecular flexibility index (Phi) is 3.19. The first-order valence-corrected chi connectivity index (χ1v) is 8.41. The van der Waals surface area contributed by atoms with Crippen molar-refractivity contribution in [1.82, 2.24) is 0 Å². The molecule has 1 aromatic rings. The number of alkyl halides is 1. The molecule has 0 aliphatic heterocycles. The molecule has 0 spiro atoms. The van der Waals surface area contributed by atoms with Gasteiger partial charge in [0, 0.05) is 15.7 Å². The standard InChI is InChI=1S/C17H20ClN3O/c18-16-7-11-6-13(9-16)14(17(22,8-11)10-16)15(20-21-19)12-4-2-1-3-5-12/h1-5,11,13-15,22H,6-10H2/t11-,13?,14+,15-,16-,17-/m1/s1. The van der Waals surface area contributed by atoms with E-state index in [1.54, 1.807) is 0 Å². The number of benzene rings is 1. The van der Waals surface area contributed by atoms with Crippen molar-refractivity contribution in [3.8, 4) is 0 Å². The number of halogens is 1. The van der Waals surface area contributed by atoms with Gasteiger partial charge >= 0.3 is 0 Å². The summed E-state index contributed by atoms with van der Waals surface area (Å²) in [4.78, 5) is 2.83. The first-order chi connectivity index (χ1) is 10.5. The molecule has 1 aromatic carbocycles. The summed E-state index contributed by atoms with van der Waals surface area (Å²) in [5, 5.41) is 15.4. The van der Waals surface area contributed by atoms with Crippen LogP contribution in [0.3, 0.4) is 0 Å². The second kappa shape index (κ2) is 4.89. The molecule has 0 amide bonds. The van der Waals surface area contributed by atoms with Crippen molar-refractivity contribution in [2.24, 2.45) is 22.9 Å². The van der Waals surface area contributed by atoms with Crippen molar-refractivity contribution in [3.05, 3.63) is 46.3 Å². The Morgan fingerprint density at radius 1 is 1.27 bits per heavy atom. The van der Waals surface area contributed by atoms with Gasteiger partial charge in [-0.15, -0.1) is 11.6 Å². The average Bonchev–Trinajstić information content (AvgIpc) is 2.44. The lowest BCUT2D eigenvalue weighted by molar-refractivity contribution is -0.170. The second-order valence-electron chi connectivity index (χ2n) is 7.49. The first-order valence-electron chi connectivity index (χ1n) is 8.03. The Morgan fingerprint density at radius 2 is 2.05 bits per heavy atom. The van der Waals surface area contributed by atoms with Crippen LogP contribution in [0.1, 0.15) is 43.7 Å². The van der Waals surface area contributed by atoms with E-state index >= 15 is 0 Å². The Bertz CT molecular complexity index is 632. The molecule has 5 heteroatoms. The van der Waals surface area contributed by atoms with Crippen LogP contribution in [0.4, 0.5) is 0 Å². The summed E-state index contributed by atoms with van der Waals surface area (Å²) >= 11 is 6.75. The van der Waals surface area contributed by atoms with Gasteiger partial charge in [-0.3, -0.25) is 0 Å². The summed E-state index contributed by atoms with van der Waals surface area (Å²) in [6.07, 6.45) is 4.49. The van der Waals surface area contributed by atoms with E-state index in [1.807, 2.05) is 30.3 Å². The van der Waals surface area contributed by atoms with E-state index in [-0.39, 0.29) is 16.8 Å². The largest absolute Gasteiger partial charge is 0.389 e. The van der Waals surface area contributed by atoms with Gasteiger partial charge in [0.15, 0.2) is 0 Å². The van der Waals surface area contributed by atoms with E-state index in [9.17, 15) is 5.11 Å². The lowest BCUT2D eigenvalue weighted by atomic mass is 9.47. The van der Waals surface area contributed by atoms with Crippen molar-refractivity contribution in [3.63, 3.8) is 0 Å². The smallest absolute Gasteiger partial charge is 0.0705 e. The van der Waals surface area contributed by atoms with Crippen LogP contribution in [0.15, 0.2) is 35.4 Å². The Hall–Kier alpha value is -1.22. The van der Waals surface area contributed by atoms with Gasteiger partial charge in [0.25, 0.3) is 0 Å². The third kappa shape index (κ3) is 2.13. The number of rotatable bonds is 3. The van der Waals surface area contributed by atoms with Crippen molar-refractivity contribution < 1.29 is 5.11 Å². The fourth-order valence-corrected chi connectivity index (χ4v) is 6.30. The molecule has 4 bridgehead atoms.